The number of amides is 1. The summed E-state index contributed by atoms with van der Waals surface area (Å²) in [5, 5.41) is 2.63. The van der Waals surface area contributed by atoms with Crippen molar-refractivity contribution >= 4 is 11.6 Å². The predicted molar refractivity (Wildman–Crippen MR) is 65.5 cm³/mol. The third-order valence-electron chi connectivity index (χ3n) is 3.40. The van der Waals surface area contributed by atoms with Gasteiger partial charge in [0.25, 0.3) is 5.91 Å². The molecule has 1 aliphatic rings. The van der Waals surface area contributed by atoms with Crippen LogP contribution in [0.25, 0.3) is 0 Å². The Balaban J connectivity index is 2.15. The first-order valence-electron chi connectivity index (χ1n) is 5.96. The molecule has 3 N–H and O–H groups in total. The molecule has 2 rings (SSSR count). The van der Waals surface area contributed by atoms with Gasteiger partial charge in [0.15, 0.2) is 0 Å². The van der Waals surface area contributed by atoms with Gasteiger partial charge in [-0.3, -0.25) is 4.79 Å². The number of carbonyl (C=O) groups excluding carboxylic acids is 1. The molecule has 0 bridgehead atoms. The lowest BCUT2D eigenvalue weighted by Gasteiger charge is -2.13. The number of benzene rings is 1. The lowest BCUT2D eigenvalue weighted by atomic mass is 10.1. The van der Waals surface area contributed by atoms with Crippen molar-refractivity contribution < 1.29 is 18.0 Å². The van der Waals surface area contributed by atoms with Gasteiger partial charge in [0.05, 0.1) is 11.1 Å². The van der Waals surface area contributed by atoms with Crippen molar-refractivity contribution in [2.75, 3.05) is 12.3 Å². The van der Waals surface area contributed by atoms with Crippen LogP contribution in [0.15, 0.2) is 18.2 Å². The SMILES string of the molecule is CC1(CNC(=O)c2cc(C(F)(F)F)ccc2N)CC1. The molecule has 0 saturated heterocycles. The molecule has 1 aromatic carbocycles. The van der Waals surface area contributed by atoms with E-state index in [-0.39, 0.29) is 16.7 Å². The van der Waals surface area contributed by atoms with Crippen molar-refractivity contribution in [3.63, 3.8) is 0 Å². The molecule has 0 atom stereocenters. The van der Waals surface area contributed by atoms with Crippen LogP contribution in [0.4, 0.5) is 18.9 Å². The number of hydrogen-bond donors (Lipinski definition) is 2. The number of alkyl halides is 3. The standard InChI is InChI=1S/C13H15F3N2O/c1-12(4-5-12)7-18-11(19)9-6-8(13(14,15)16)2-3-10(9)17/h2-3,6H,4-5,7,17H2,1H3,(H,18,19). The van der Waals surface area contributed by atoms with Crippen molar-refractivity contribution in [3.8, 4) is 0 Å². The molecule has 0 heterocycles. The van der Waals surface area contributed by atoms with E-state index in [1.54, 1.807) is 0 Å². The average molecular weight is 272 g/mol. The van der Waals surface area contributed by atoms with Gasteiger partial charge in [0, 0.05) is 12.2 Å². The quantitative estimate of drug-likeness (QED) is 0.831. The minimum atomic E-state index is -4.48. The maximum absolute atomic E-state index is 12.6. The summed E-state index contributed by atoms with van der Waals surface area (Å²) in [5.74, 6) is -0.559. The van der Waals surface area contributed by atoms with Gasteiger partial charge < -0.3 is 11.1 Å². The normalized spacial score (nSPS) is 17.1. The molecular formula is C13H15F3N2O. The van der Waals surface area contributed by atoms with Crippen LogP contribution in [-0.4, -0.2) is 12.5 Å². The monoisotopic (exact) mass is 272 g/mol. The third-order valence-corrected chi connectivity index (χ3v) is 3.40. The Bertz CT molecular complexity index is 507. The van der Waals surface area contributed by atoms with E-state index >= 15 is 0 Å². The summed E-state index contributed by atoms with van der Waals surface area (Å²) < 4.78 is 37.7. The predicted octanol–water partition coefficient (Wildman–Crippen LogP) is 2.82. The van der Waals surface area contributed by atoms with Gasteiger partial charge in [-0.15, -0.1) is 0 Å². The van der Waals surface area contributed by atoms with Crippen molar-refractivity contribution in [2.24, 2.45) is 5.41 Å². The minimum Gasteiger partial charge on any atom is -0.398 e. The first-order chi connectivity index (χ1) is 8.71. The van der Waals surface area contributed by atoms with E-state index in [0.717, 1.165) is 31.0 Å². The van der Waals surface area contributed by atoms with E-state index in [1.165, 1.54) is 0 Å². The molecule has 0 aliphatic heterocycles. The zero-order chi connectivity index (χ0) is 14.3. The van der Waals surface area contributed by atoms with Gasteiger partial charge in [-0.25, -0.2) is 0 Å². The second-order valence-electron chi connectivity index (χ2n) is 5.29. The minimum absolute atomic E-state index is 0.0476. The van der Waals surface area contributed by atoms with Crippen LogP contribution in [0, 0.1) is 5.41 Å². The summed E-state index contributed by atoms with van der Waals surface area (Å²) in [7, 11) is 0. The maximum atomic E-state index is 12.6. The molecule has 0 aromatic heterocycles. The summed E-state index contributed by atoms with van der Waals surface area (Å²) in [6.45, 7) is 2.48. The van der Waals surface area contributed by atoms with E-state index in [1.807, 2.05) is 6.92 Å². The first kappa shape index (κ1) is 13.7. The lowest BCUT2D eigenvalue weighted by Crippen LogP contribution is -2.29. The van der Waals surface area contributed by atoms with Gasteiger partial charge >= 0.3 is 6.18 Å². The molecule has 6 heteroatoms. The number of carbonyl (C=O) groups is 1. The van der Waals surface area contributed by atoms with E-state index in [0.29, 0.717) is 6.54 Å². The van der Waals surface area contributed by atoms with E-state index in [2.05, 4.69) is 5.32 Å². The fourth-order valence-electron chi connectivity index (χ4n) is 1.71. The zero-order valence-corrected chi connectivity index (χ0v) is 10.5. The van der Waals surface area contributed by atoms with Crippen LogP contribution in [0.1, 0.15) is 35.7 Å². The average Bonchev–Trinajstić information content (AvgIpc) is 3.04. The molecule has 1 fully saturated rings. The number of nitrogen functional groups attached to an aromatic ring is 1. The van der Waals surface area contributed by atoms with Crippen LogP contribution >= 0.6 is 0 Å². The Hall–Kier alpha value is -1.72. The lowest BCUT2D eigenvalue weighted by molar-refractivity contribution is -0.137. The fourth-order valence-corrected chi connectivity index (χ4v) is 1.71. The highest BCUT2D eigenvalue weighted by Crippen LogP contribution is 2.44. The van der Waals surface area contributed by atoms with Crippen LogP contribution in [0.5, 0.6) is 0 Å². The summed E-state index contributed by atoms with van der Waals surface area (Å²) in [6, 6.07) is 2.77. The first-order valence-corrected chi connectivity index (χ1v) is 5.96. The van der Waals surface area contributed by atoms with Crippen LogP contribution < -0.4 is 11.1 Å². The Morgan fingerprint density at radius 3 is 2.58 bits per heavy atom. The summed E-state index contributed by atoms with van der Waals surface area (Å²) in [5.41, 5.74) is 4.70. The Morgan fingerprint density at radius 2 is 2.05 bits per heavy atom. The molecule has 3 nitrogen and oxygen atoms in total. The number of halogens is 3. The number of nitrogens with one attached hydrogen (secondary N) is 1. The number of nitrogens with two attached hydrogens (primary N) is 1. The number of rotatable bonds is 3. The Labute approximate surface area is 109 Å². The third kappa shape index (κ3) is 3.19. The highest BCUT2D eigenvalue weighted by Gasteiger charge is 2.37. The highest BCUT2D eigenvalue weighted by atomic mass is 19.4. The van der Waals surface area contributed by atoms with Gasteiger partial charge in [-0.1, -0.05) is 6.92 Å². The zero-order valence-electron chi connectivity index (χ0n) is 10.5. The van der Waals surface area contributed by atoms with Gasteiger partial charge in [0.1, 0.15) is 0 Å². The van der Waals surface area contributed by atoms with Crippen molar-refractivity contribution in [3.05, 3.63) is 29.3 Å². The van der Waals surface area contributed by atoms with Crippen molar-refractivity contribution in [1.29, 1.82) is 0 Å². The van der Waals surface area contributed by atoms with E-state index in [9.17, 15) is 18.0 Å². The summed E-state index contributed by atoms with van der Waals surface area (Å²) >= 11 is 0. The largest absolute Gasteiger partial charge is 0.416 e. The van der Waals surface area contributed by atoms with Crippen molar-refractivity contribution in [1.82, 2.24) is 5.32 Å². The molecule has 1 aliphatic carbocycles. The molecule has 1 amide bonds. The van der Waals surface area contributed by atoms with Crippen LogP contribution in [-0.2, 0) is 6.18 Å². The summed E-state index contributed by atoms with van der Waals surface area (Å²) in [4.78, 5) is 11.9. The van der Waals surface area contributed by atoms with Gasteiger partial charge in [0.2, 0.25) is 0 Å². The summed E-state index contributed by atoms with van der Waals surface area (Å²) in [6.07, 6.45) is -2.44. The topological polar surface area (TPSA) is 55.1 Å². The molecule has 0 radical (unpaired) electrons. The highest BCUT2D eigenvalue weighted by molar-refractivity contribution is 5.99. The second-order valence-corrected chi connectivity index (χ2v) is 5.29. The second kappa shape index (κ2) is 4.43. The van der Waals surface area contributed by atoms with Gasteiger partial charge in [-0.2, -0.15) is 13.2 Å². The number of hydrogen-bond acceptors (Lipinski definition) is 2. The van der Waals surface area contributed by atoms with Crippen LogP contribution in [0.2, 0.25) is 0 Å². The van der Waals surface area contributed by atoms with Crippen molar-refractivity contribution in [2.45, 2.75) is 25.9 Å². The number of anilines is 1. The smallest absolute Gasteiger partial charge is 0.398 e. The molecule has 1 aromatic rings. The van der Waals surface area contributed by atoms with E-state index < -0.39 is 17.6 Å². The molecular weight excluding hydrogens is 257 g/mol. The Kier molecular flexibility index (Phi) is 3.20. The molecule has 0 unspecified atom stereocenters. The fraction of sp³-hybridized carbons (Fsp3) is 0.462. The van der Waals surface area contributed by atoms with E-state index in [4.69, 9.17) is 5.73 Å². The molecule has 0 spiro atoms. The molecule has 1 saturated carbocycles. The maximum Gasteiger partial charge on any atom is 0.416 e. The molecule has 19 heavy (non-hydrogen) atoms. The van der Waals surface area contributed by atoms with Gasteiger partial charge in [-0.05, 0) is 36.5 Å². The molecule has 104 valence electrons. The van der Waals surface area contributed by atoms with Crippen LogP contribution in [0.3, 0.4) is 0 Å². The Morgan fingerprint density at radius 1 is 1.42 bits per heavy atom.